The van der Waals surface area contributed by atoms with Crippen LogP contribution in [0.1, 0.15) is 5.56 Å². The second-order valence-electron chi connectivity index (χ2n) is 7.93. The molecule has 3 aromatic carbocycles. The highest BCUT2D eigenvalue weighted by molar-refractivity contribution is 7.92. The van der Waals surface area contributed by atoms with Crippen LogP contribution in [0, 0.1) is 0 Å². The third-order valence-corrected chi connectivity index (χ3v) is 7.39. The Balaban J connectivity index is 1.39. The van der Waals surface area contributed by atoms with Crippen molar-refractivity contribution in [3.8, 4) is 11.5 Å². The molecule has 1 aliphatic rings. The van der Waals surface area contributed by atoms with Gasteiger partial charge in [-0.15, -0.1) is 0 Å². The SMILES string of the molecule is O=C(CS(=O)(=O)c1cn(Cc2ccc(Cl)cc2)c2ccccc12)Nc1ccc2c(c1)OCCO2. The third-order valence-electron chi connectivity index (χ3n) is 5.50. The van der Waals surface area contributed by atoms with Crippen molar-refractivity contribution in [2.75, 3.05) is 24.3 Å². The Morgan fingerprint density at radius 2 is 1.71 bits per heavy atom. The van der Waals surface area contributed by atoms with Gasteiger partial charge in [-0.05, 0) is 35.9 Å². The maximum atomic E-state index is 13.3. The van der Waals surface area contributed by atoms with Gasteiger partial charge in [-0.3, -0.25) is 4.79 Å². The third kappa shape index (κ3) is 4.60. The fourth-order valence-corrected chi connectivity index (χ4v) is 5.44. The standard InChI is InChI=1S/C25H21ClN2O5S/c26-18-7-5-17(6-8-18)14-28-15-24(20-3-1-2-4-21(20)28)34(30,31)16-25(29)27-19-9-10-22-23(13-19)33-12-11-32-22/h1-10,13,15H,11-12,14,16H2,(H,27,29). The fourth-order valence-electron chi connectivity index (χ4n) is 3.95. The first-order valence-corrected chi connectivity index (χ1v) is 12.7. The molecule has 5 rings (SSSR count). The monoisotopic (exact) mass is 496 g/mol. The van der Waals surface area contributed by atoms with Crippen LogP contribution in [0.4, 0.5) is 5.69 Å². The molecule has 1 aliphatic heterocycles. The lowest BCUT2D eigenvalue weighted by Gasteiger charge is -2.19. The van der Waals surface area contributed by atoms with Gasteiger partial charge in [0.05, 0.1) is 4.90 Å². The van der Waals surface area contributed by atoms with Crippen LogP contribution in [0.25, 0.3) is 10.9 Å². The van der Waals surface area contributed by atoms with Crippen molar-refractivity contribution in [2.45, 2.75) is 11.4 Å². The van der Waals surface area contributed by atoms with Gasteiger partial charge in [-0.1, -0.05) is 41.9 Å². The van der Waals surface area contributed by atoms with Crippen molar-refractivity contribution in [1.29, 1.82) is 0 Å². The van der Waals surface area contributed by atoms with E-state index in [-0.39, 0.29) is 4.90 Å². The molecule has 0 atom stereocenters. The number of aromatic nitrogens is 1. The number of halogens is 1. The maximum Gasteiger partial charge on any atom is 0.239 e. The lowest BCUT2D eigenvalue weighted by Crippen LogP contribution is -2.23. The molecule has 9 heteroatoms. The molecule has 7 nitrogen and oxygen atoms in total. The van der Waals surface area contributed by atoms with Crippen LogP contribution in [-0.4, -0.2) is 37.9 Å². The number of hydrogen-bond acceptors (Lipinski definition) is 5. The minimum absolute atomic E-state index is 0.120. The van der Waals surface area contributed by atoms with Gasteiger partial charge in [-0.2, -0.15) is 0 Å². The van der Waals surface area contributed by atoms with E-state index >= 15 is 0 Å². The average molecular weight is 497 g/mol. The molecule has 0 unspecified atom stereocenters. The van der Waals surface area contributed by atoms with Crippen LogP contribution >= 0.6 is 11.6 Å². The van der Waals surface area contributed by atoms with E-state index in [1.807, 2.05) is 28.8 Å². The minimum Gasteiger partial charge on any atom is -0.486 e. The summed E-state index contributed by atoms with van der Waals surface area (Å²) in [5.74, 6) is -0.218. The summed E-state index contributed by atoms with van der Waals surface area (Å²) >= 11 is 5.98. The van der Waals surface area contributed by atoms with E-state index in [4.69, 9.17) is 21.1 Å². The molecule has 0 spiro atoms. The van der Waals surface area contributed by atoms with Crippen molar-refractivity contribution in [2.24, 2.45) is 0 Å². The zero-order valence-corrected chi connectivity index (χ0v) is 19.6. The highest BCUT2D eigenvalue weighted by Gasteiger charge is 2.25. The van der Waals surface area contributed by atoms with Gasteiger partial charge in [0, 0.05) is 40.4 Å². The summed E-state index contributed by atoms with van der Waals surface area (Å²) < 4.78 is 39.4. The Hall–Kier alpha value is -3.49. The summed E-state index contributed by atoms with van der Waals surface area (Å²) in [6.45, 7) is 1.35. The quantitative estimate of drug-likeness (QED) is 0.424. The van der Waals surface area contributed by atoms with E-state index in [0.717, 1.165) is 11.1 Å². The van der Waals surface area contributed by atoms with Crippen LogP contribution in [0.15, 0.2) is 77.8 Å². The van der Waals surface area contributed by atoms with Gasteiger partial charge in [0.1, 0.15) is 19.0 Å². The van der Waals surface area contributed by atoms with Gasteiger partial charge in [0.25, 0.3) is 0 Å². The number of carbonyl (C=O) groups is 1. The number of rotatable bonds is 6. The number of nitrogens with one attached hydrogen (secondary N) is 1. The van der Waals surface area contributed by atoms with Crippen LogP contribution in [0.3, 0.4) is 0 Å². The first-order valence-electron chi connectivity index (χ1n) is 10.6. The summed E-state index contributed by atoms with van der Waals surface area (Å²) in [7, 11) is -3.91. The maximum absolute atomic E-state index is 13.3. The predicted molar refractivity (Wildman–Crippen MR) is 131 cm³/mol. The van der Waals surface area contributed by atoms with Gasteiger partial charge in [0.15, 0.2) is 21.3 Å². The second kappa shape index (κ2) is 9.04. The van der Waals surface area contributed by atoms with E-state index in [1.54, 1.807) is 48.7 Å². The van der Waals surface area contributed by atoms with Gasteiger partial charge in [0.2, 0.25) is 5.91 Å². The Kier molecular flexibility index (Phi) is 5.93. The van der Waals surface area contributed by atoms with Crippen molar-refractivity contribution in [3.63, 3.8) is 0 Å². The summed E-state index contributed by atoms with van der Waals surface area (Å²) in [6, 6.07) is 19.6. The second-order valence-corrected chi connectivity index (χ2v) is 10.3. The first kappa shape index (κ1) is 22.3. The number of nitrogens with zero attached hydrogens (tertiary/aromatic N) is 1. The number of fused-ring (bicyclic) bond motifs is 2. The van der Waals surface area contributed by atoms with Crippen molar-refractivity contribution in [1.82, 2.24) is 4.57 Å². The van der Waals surface area contributed by atoms with E-state index in [9.17, 15) is 13.2 Å². The zero-order chi connectivity index (χ0) is 23.7. The summed E-state index contributed by atoms with van der Waals surface area (Å²) in [6.07, 6.45) is 1.59. The number of hydrogen-bond donors (Lipinski definition) is 1. The molecule has 0 saturated heterocycles. The highest BCUT2D eigenvalue weighted by Crippen LogP contribution is 2.33. The Morgan fingerprint density at radius 1 is 0.971 bits per heavy atom. The number of carbonyl (C=O) groups excluding carboxylic acids is 1. The van der Waals surface area contributed by atoms with Gasteiger partial charge < -0.3 is 19.4 Å². The normalized spacial score (nSPS) is 13.1. The highest BCUT2D eigenvalue weighted by atomic mass is 35.5. The lowest BCUT2D eigenvalue weighted by molar-refractivity contribution is -0.113. The molecule has 1 N–H and O–H groups in total. The molecule has 174 valence electrons. The van der Waals surface area contributed by atoms with Crippen LogP contribution in [-0.2, 0) is 21.2 Å². The smallest absolute Gasteiger partial charge is 0.239 e. The summed E-state index contributed by atoms with van der Waals surface area (Å²) in [4.78, 5) is 12.8. The molecule has 0 fully saturated rings. The Labute approximate surface area is 201 Å². The molecule has 0 bridgehead atoms. The van der Waals surface area contributed by atoms with E-state index in [1.165, 1.54) is 0 Å². The van der Waals surface area contributed by atoms with Crippen molar-refractivity contribution < 1.29 is 22.7 Å². The first-order chi connectivity index (χ1) is 16.4. The Morgan fingerprint density at radius 3 is 2.50 bits per heavy atom. The van der Waals surface area contributed by atoms with E-state index < -0.39 is 21.5 Å². The summed E-state index contributed by atoms with van der Waals surface area (Å²) in [5.41, 5.74) is 2.18. The fraction of sp³-hybridized carbons (Fsp3) is 0.160. The van der Waals surface area contributed by atoms with Crippen LogP contribution in [0.2, 0.25) is 5.02 Å². The molecule has 1 amide bonds. The van der Waals surface area contributed by atoms with E-state index in [2.05, 4.69) is 5.32 Å². The molecule has 34 heavy (non-hydrogen) atoms. The molecule has 0 radical (unpaired) electrons. The number of ether oxygens (including phenoxy) is 2. The predicted octanol–water partition coefficient (Wildman–Crippen LogP) is 4.53. The minimum atomic E-state index is -3.91. The average Bonchev–Trinajstić information content (AvgIpc) is 3.19. The van der Waals surface area contributed by atoms with Crippen LogP contribution in [0.5, 0.6) is 11.5 Å². The number of amides is 1. The number of para-hydroxylation sites is 1. The number of benzene rings is 3. The molecule has 2 heterocycles. The topological polar surface area (TPSA) is 86.6 Å². The molecular formula is C25H21ClN2O5S. The van der Waals surface area contributed by atoms with Gasteiger partial charge in [-0.25, -0.2) is 8.42 Å². The zero-order valence-electron chi connectivity index (χ0n) is 18.0. The van der Waals surface area contributed by atoms with Crippen LogP contribution < -0.4 is 14.8 Å². The summed E-state index contributed by atoms with van der Waals surface area (Å²) in [5, 5.41) is 3.85. The molecule has 0 aliphatic carbocycles. The Bertz CT molecular complexity index is 1480. The largest absolute Gasteiger partial charge is 0.486 e. The molecule has 0 saturated carbocycles. The lowest BCUT2D eigenvalue weighted by atomic mass is 10.2. The molecule has 4 aromatic rings. The number of sulfone groups is 1. The van der Waals surface area contributed by atoms with Gasteiger partial charge >= 0.3 is 0 Å². The number of anilines is 1. The van der Waals surface area contributed by atoms with Crippen molar-refractivity contribution in [3.05, 3.63) is 83.5 Å². The molecule has 1 aromatic heterocycles. The molecular weight excluding hydrogens is 476 g/mol. The van der Waals surface area contributed by atoms with E-state index in [0.29, 0.717) is 47.4 Å². The van der Waals surface area contributed by atoms with Crippen molar-refractivity contribution >= 4 is 43.9 Å².